The number of hydrogen-bond acceptors (Lipinski definition) is 7. The normalized spacial score (nSPS) is 23.7. The number of urea groups is 1. The van der Waals surface area contributed by atoms with Gasteiger partial charge in [-0.15, -0.1) is 0 Å². The number of aromatic hydroxyl groups is 1. The van der Waals surface area contributed by atoms with Gasteiger partial charge in [-0.2, -0.15) is 12.6 Å². The number of rotatable bonds is 4. The van der Waals surface area contributed by atoms with Crippen molar-refractivity contribution in [2.45, 2.75) is 23.4 Å². The van der Waals surface area contributed by atoms with Gasteiger partial charge in [0, 0.05) is 18.1 Å². The van der Waals surface area contributed by atoms with Crippen LogP contribution in [0.3, 0.4) is 0 Å². The van der Waals surface area contributed by atoms with Crippen LogP contribution < -0.4 is 34.9 Å². The summed E-state index contributed by atoms with van der Waals surface area (Å²) in [5, 5.41) is 21.2. The van der Waals surface area contributed by atoms with E-state index in [2.05, 4.69) is 22.9 Å². The van der Waals surface area contributed by atoms with Crippen molar-refractivity contribution in [2.24, 2.45) is 0 Å². The number of carboxylic acids is 1. The first kappa shape index (κ1) is 23.4. The largest absolute Gasteiger partial charge is 1.00 e. The molecule has 0 spiro atoms. The first-order valence-corrected chi connectivity index (χ1v) is 10.3. The van der Waals surface area contributed by atoms with Crippen LogP contribution in [0.1, 0.15) is 12.2 Å². The van der Waals surface area contributed by atoms with Crippen molar-refractivity contribution < 1.29 is 60.3 Å². The number of carbonyl (C=O) groups is 3. The zero-order chi connectivity index (χ0) is 22.6. The van der Waals surface area contributed by atoms with Crippen LogP contribution in [0, 0.1) is 0 Å². The first-order valence-electron chi connectivity index (χ1n) is 9.78. The molecule has 3 aliphatic heterocycles. The molecule has 2 aromatic rings. The van der Waals surface area contributed by atoms with Crippen LogP contribution in [-0.2, 0) is 14.3 Å². The summed E-state index contributed by atoms with van der Waals surface area (Å²) in [5.74, 6) is -1.67. The Balaban J connectivity index is 0.00000162. The maximum Gasteiger partial charge on any atom is 1.00 e. The Morgan fingerprint density at radius 3 is 2.52 bits per heavy atom. The smallest absolute Gasteiger partial charge is 1.00 e. The number of β-lactam (4-membered cyclic amide) rings is 1. The van der Waals surface area contributed by atoms with E-state index in [9.17, 15) is 24.6 Å². The number of aromatic nitrogens is 1. The van der Waals surface area contributed by atoms with E-state index in [1.165, 1.54) is 34.1 Å². The Morgan fingerprint density at radius 2 is 1.88 bits per heavy atom. The zero-order valence-electron chi connectivity index (χ0n) is 18.5. The van der Waals surface area contributed by atoms with Crippen molar-refractivity contribution in [3.63, 3.8) is 0 Å². The Labute approximate surface area is 217 Å². The molecule has 5 rings (SSSR count). The number of phenols is 1. The number of phenolic OH excluding ortho intramolecular Hbond substituents is 1. The van der Waals surface area contributed by atoms with E-state index in [0.29, 0.717) is 11.3 Å². The van der Waals surface area contributed by atoms with Gasteiger partial charge in [0.1, 0.15) is 29.7 Å². The van der Waals surface area contributed by atoms with Gasteiger partial charge in [-0.1, -0.05) is 0 Å². The van der Waals surface area contributed by atoms with Gasteiger partial charge in [-0.25, -0.2) is 9.59 Å². The summed E-state index contributed by atoms with van der Waals surface area (Å²) in [4.78, 5) is 44.4. The predicted molar refractivity (Wildman–Crippen MR) is 115 cm³/mol. The number of ether oxygens (including phenoxy) is 1. The van der Waals surface area contributed by atoms with Crippen molar-refractivity contribution >= 4 is 36.2 Å². The van der Waals surface area contributed by atoms with E-state index in [4.69, 9.17) is 4.74 Å². The van der Waals surface area contributed by atoms with E-state index in [1.54, 1.807) is 24.5 Å². The summed E-state index contributed by atoms with van der Waals surface area (Å²) in [6.07, 6.45) is 2.53. The third kappa shape index (κ3) is 3.84. The molecular weight excluding hydrogens is 459 g/mol. The Bertz CT molecular complexity index is 1150. The molecule has 1 aromatic carbocycles. The summed E-state index contributed by atoms with van der Waals surface area (Å²) in [6, 6.07) is 7.39. The van der Waals surface area contributed by atoms with Crippen molar-refractivity contribution in [3.05, 3.63) is 65.8 Å². The second-order valence-corrected chi connectivity index (χ2v) is 8.15. The van der Waals surface area contributed by atoms with Crippen LogP contribution in [-0.4, -0.2) is 67.6 Å². The molecule has 0 radical (unpaired) electrons. The molecule has 1 unspecified atom stereocenters. The van der Waals surface area contributed by atoms with Gasteiger partial charge < -0.3 is 26.6 Å². The minimum atomic E-state index is -1.30. The number of thiol groups is 1. The Kier molecular flexibility index (Phi) is 6.32. The second kappa shape index (κ2) is 8.90. The molecule has 10 nitrogen and oxygen atoms in total. The van der Waals surface area contributed by atoms with E-state index in [-0.39, 0.29) is 54.7 Å². The summed E-state index contributed by atoms with van der Waals surface area (Å²) >= 11 is 4.55. The van der Waals surface area contributed by atoms with Crippen LogP contribution in [0.5, 0.6) is 5.75 Å². The van der Waals surface area contributed by atoms with E-state index in [0.717, 1.165) is 0 Å². The standard InChI is InChI=1S/C21H18N4O6S.Na.H/c26-12-3-1-11(2-4-12)23-21(30)24-9-13-14-15(24)19(27)25(14)16(20(28)29)17(31-13)18(32)10-5-7-22-8-6-10;;/h1-8,13-15,18,26,32H,9H2,(H,23,30)(H,28,29);;/q;+1;-1/t13-,14-,15+,18?;;/m1../s1. The number of pyridine rings is 1. The molecule has 0 bridgehead atoms. The number of carbonyl (C=O) groups excluding carboxylic acids is 2. The second-order valence-electron chi connectivity index (χ2n) is 7.63. The number of anilines is 1. The third-order valence-electron chi connectivity index (χ3n) is 5.81. The number of aliphatic carboxylic acids is 1. The van der Waals surface area contributed by atoms with Gasteiger partial charge >= 0.3 is 41.6 Å². The summed E-state index contributed by atoms with van der Waals surface area (Å²) in [6.45, 7) is 0.106. The molecule has 3 aliphatic rings. The molecule has 0 aliphatic carbocycles. The number of benzene rings is 1. The average Bonchev–Trinajstić information content (AvgIpc) is 3.16. The summed E-state index contributed by atoms with van der Waals surface area (Å²) in [7, 11) is 0. The fraction of sp³-hybridized carbons (Fsp3) is 0.238. The molecule has 166 valence electrons. The molecular formula is C21H19N4NaO6S. The van der Waals surface area contributed by atoms with Gasteiger partial charge in [0.15, 0.2) is 5.70 Å². The molecule has 4 atom stereocenters. The fourth-order valence-corrected chi connectivity index (χ4v) is 4.71. The summed E-state index contributed by atoms with van der Waals surface area (Å²) in [5.41, 5.74) is 0.857. The van der Waals surface area contributed by atoms with Crippen molar-refractivity contribution in [3.8, 4) is 5.75 Å². The van der Waals surface area contributed by atoms with Crippen LogP contribution in [0.4, 0.5) is 10.5 Å². The third-order valence-corrected chi connectivity index (χ3v) is 6.34. The average molecular weight is 478 g/mol. The number of carboxylic acid groups (broad SMARTS) is 1. The maximum atomic E-state index is 13.0. The van der Waals surface area contributed by atoms with Gasteiger partial charge in [-0.3, -0.25) is 14.7 Å². The molecule has 3 amide bonds. The Hall–Kier alpha value is -2.73. The number of hydrogen-bond donors (Lipinski definition) is 4. The number of likely N-dealkylation sites (tertiary alicyclic amines) is 1. The van der Waals surface area contributed by atoms with Crippen LogP contribution in [0.2, 0.25) is 0 Å². The quantitative estimate of drug-likeness (QED) is 0.186. The number of nitrogens with one attached hydrogen (secondary N) is 1. The van der Waals surface area contributed by atoms with Gasteiger partial charge in [-0.05, 0) is 42.0 Å². The molecule has 4 heterocycles. The monoisotopic (exact) mass is 478 g/mol. The first-order chi connectivity index (χ1) is 15.4. The van der Waals surface area contributed by atoms with Crippen molar-refractivity contribution in [1.82, 2.24) is 14.8 Å². The van der Waals surface area contributed by atoms with Gasteiger partial charge in [0.25, 0.3) is 5.91 Å². The molecule has 2 fully saturated rings. The summed E-state index contributed by atoms with van der Waals surface area (Å²) < 4.78 is 6.05. The number of nitrogens with zero attached hydrogens (tertiary/aromatic N) is 3. The van der Waals surface area contributed by atoms with Crippen LogP contribution >= 0.6 is 12.6 Å². The number of amides is 3. The molecule has 2 saturated heterocycles. The topological polar surface area (TPSA) is 132 Å². The molecule has 3 N–H and O–H groups in total. The predicted octanol–water partition coefficient (Wildman–Crippen LogP) is -1.30. The van der Waals surface area contributed by atoms with Crippen LogP contribution in [0.25, 0.3) is 0 Å². The minimum absolute atomic E-state index is 0. The van der Waals surface area contributed by atoms with Crippen molar-refractivity contribution in [2.75, 3.05) is 11.9 Å². The van der Waals surface area contributed by atoms with E-state index < -0.39 is 41.3 Å². The van der Waals surface area contributed by atoms with Gasteiger partial charge in [0.2, 0.25) is 0 Å². The zero-order valence-corrected chi connectivity index (χ0v) is 20.3. The molecule has 0 saturated carbocycles. The van der Waals surface area contributed by atoms with E-state index >= 15 is 0 Å². The van der Waals surface area contributed by atoms with E-state index in [1.807, 2.05) is 0 Å². The van der Waals surface area contributed by atoms with Crippen LogP contribution in [0.15, 0.2) is 60.2 Å². The van der Waals surface area contributed by atoms with Gasteiger partial charge in [0.05, 0.1) is 11.8 Å². The minimum Gasteiger partial charge on any atom is -1.00 e. The molecule has 33 heavy (non-hydrogen) atoms. The Morgan fingerprint density at radius 1 is 1.21 bits per heavy atom. The maximum absolute atomic E-state index is 13.0. The molecule has 12 heteroatoms. The SMILES string of the molecule is O=C(O)C1=C(C(S)c2ccncc2)O[C@@H]2CN(C(=O)Nc3ccc(O)cc3)[C@@H]3C(=O)N1[C@@H]32.[H-].[Na+]. The fourth-order valence-electron chi connectivity index (χ4n) is 4.35. The molecule has 1 aromatic heterocycles. The van der Waals surface area contributed by atoms with Crippen molar-refractivity contribution in [1.29, 1.82) is 0 Å².